The fourth-order valence-corrected chi connectivity index (χ4v) is 4.23. The van der Waals surface area contributed by atoms with E-state index in [0.717, 1.165) is 12.8 Å². The molecule has 1 spiro atoms. The van der Waals surface area contributed by atoms with Gasteiger partial charge in [-0.15, -0.1) is 0 Å². The Balaban J connectivity index is 1.39. The van der Waals surface area contributed by atoms with Crippen LogP contribution < -0.4 is 5.32 Å². The molecule has 1 aromatic carbocycles. The molecule has 0 saturated heterocycles. The zero-order valence-corrected chi connectivity index (χ0v) is 15.9. The van der Waals surface area contributed by atoms with Gasteiger partial charge in [0, 0.05) is 17.7 Å². The van der Waals surface area contributed by atoms with Gasteiger partial charge in [-0.25, -0.2) is 18.7 Å². The number of halogens is 2. The van der Waals surface area contributed by atoms with Gasteiger partial charge in [0.25, 0.3) is 5.91 Å². The van der Waals surface area contributed by atoms with Gasteiger partial charge in [0.1, 0.15) is 24.6 Å². The van der Waals surface area contributed by atoms with E-state index in [0.29, 0.717) is 5.56 Å². The van der Waals surface area contributed by atoms with E-state index < -0.39 is 29.2 Å². The summed E-state index contributed by atoms with van der Waals surface area (Å²) in [7, 11) is 0. The number of benzene rings is 1. The van der Waals surface area contributed by atoms with Crippen LogP contribution in [-0.4, -0.2) is 45.9 Å². The Morgan fingerprint density at radius 3 is 2.63 bits per heavy atom. The third kappa shape index (κ3) is 2.91. The summed E-state index contributed by atoms with van der Waals surface area (Å²) in [4.78, 5) is 34.3. The van der Waals surface area contributed by atoms with Crippen molar-refractivity contribution in [3.63, 3.8) is 0 Å². The normalized spacial score (nSPS) is 24.4. The molecular weight excluding hydrogens is 392 g/mol. The molecule has 0 unspecified atom stereocenters. The highest BCUT2D eigenvalue weighted by Gasteiger charge is 2.62. The Morgan fingerprint density at radius 1 is 1.33 bits per heavy atom. The number of hydrogen-bond donors (Lipinski definition) is 1. The predicted molar refractivity (Wildman–Crippen MR) is 101 cm³/mol. The molecule has 1 aromatic heterocycles. The Labute approximate surface area is 170 Å². The minimum absolute atomic E-state index is 0.00604. The molecule has 152 valence electrons. The third-order valence-electron chi connectivity index (χ3n) is 6.03. The number of anilines is 1. The molecule has 2 heterocycles. The number of carbonyl (C=O) groups is 2. The Bertz CT molecular complexity index is 1110. The first-order chi connectivity index (χ1) is 14.4. The number of hydrogen-bond acceptors (Lipinski definition) is 5. The van der Waals surface area contributed by atoms with Gasteiger partial charge in [-0.1, -0.05) is 6.07 Å². The van der Waals surface area contributed by atoms with Gasteiger partial charge in [-0.2, -0.15) is 5.26 Å². The predicted octanol–water partition coefficient (Wildman–Crippen LogP) is 2.44. The first kappa shape index (κ1) is 18.6. The van der Waals surface area contributed by atoms with Crippen molar-refractivity contribution in [2.45, 2.75) is 36.8 Å². The summed E-state index contributed by atoms with van der Waals surface area (Å²) < 4.78 is 29.7. The molecule has 2 aliphatic carbocycles. The van der Waals surface area contributed by atoms with Gasteiger partial charge in [0.15, 0.2) is 0 Å². The zero-order valence-electron chi connectivity index (χ0n) is 15.9. The largest absolute Gasteiger partial charge is 0.328 e. The Hall–Kier alpha value is -3.41. The number of rotatable bonds is 4. The summed E-state index contributed by atoms with van der Waals surface area (Å²) in [6.45, 7) is -0.380. The van der Waals surface area contributed by atoms with Crippen molar-refractivity contribution >= 4 is 17.8 Å². The minimum Gasteiger partial charge on any atom is -0.328 e. The lowest BCUT2D eigenvalue weighted by atomic mass is 9.83. The van der Waals surface area contributed by atoms with Crippen LogP contribution in [0.2, 0.25) is 0 Å². The number of amides is 2. The second-order valence-corrected chi connectivity index (χ2v) is 8.11. The molecule has 3 aliphatic rings. The monoisotopic (exact) mass is 409 g/mol. The van der Waals surface area contributed by atoms with E-state index in [4.69, 9.17) is 5.26 Å². The number of nitriles is 1. The molecule has 1 N–H and O–H groups in total. The van der Waals surface area contributed by atoms with Crippen molar-refractivity contribution in [2.24, 2.45) is 0 Å². The van der Waals surface area contributed by atoms with E-state index in [-0.39, 0.29) is 48.1 Å². The molecule has 0 bridgehead atoms. The molecule has 9 heteroatoms. The maximum absolute atomic E-state index is 15.2. The first-order valence-electron chi connectivity index (χ1n) is 9.71. The second kappa shape index (κ2) is 6.55. The maximum atomic E-state index is 15.2. The summed E-state index contributed by atoms with van der Waals surface area (Å²) in [6, 6.07) is 5.05. The molecule has 2 fully saturated rings. The van der Waals surface area contributed by atoms with Gasteiger partial charge in [-0.05, 0) is 36.8 Å². The Kier molecular flexibility index (Phi) is 4.07. The lowest BCUT2D eigenvalue weighted by Crippen LogP contribution is -2.48. The summed E-state index contributed by atoms with van der Waals surface area (Å²) in [5.41, 5.74) is 0.0307. The van der Waals surface area contributed by atoms with Crippen LogP contribution in [0.3, 0.4) is 0 Å². The zero-order chi connectivity index (χ0) is 21.0. The summed E-state index contributed by atoms with van der Waals surface area (Å²) in [5, 5.41) is 11.2. The number of alkyl halides is 1. The smallest absolute Gasteiger partial charge is 0.254 e. The molecule has 5 rings (SSSR count). The molecule has 1 aliphatic heterocycles. The van der Waals surface area contributed by atoms with Crippen molar-refractivity contribution in [3.05, 3.63) is 52.6 Å². The highest BCUT2D eigenvalue weighted by molar-refractivity contribution is 6.01. The van der Waals surface area contributed by atoms with Crippen LogP contribution in [0.1, 0.15) is 52.2 Å². The minimum atomic E-state index is -1.25. The molecule has 7 nitrogen and oxygen atoms in total. The van der Waals surface area contributed by atoms with E-state index in [1.165, 1.54) is 17.3 Å². The molecule has 2 atom stereocenters. The molecule has 2 aromatic rings. The number of carbonyl (C=O) groups excluding carboxylic acids is 2. The highest BCUT2D eigenvalue weighted by Crippen LogP contribution is 2.56. The van der Waals surface area contributed by atoms with Crippen molar-refractivity contribution in [1.29, 1.82) is 5.26 Å². The van der Waals surface area contributed by atoms with Crippen molar-refractivity contribution in [3.8, 4) is 6.07 Å². The molecule has 2 amide bonds. The van der Waals surface area contributed by atoms with Crippen LogP contribution in [-0.2, 0) is 10.2 Å². The lowest BCUT2D eigenvalue weighted by Gasteiger charge is -2.35. The Morgan fingerprint density at radius 2 is 2.03 bits per heavy atom. The topological polar surface area (TPSA) is 99.0 Å². The van der Waals surface area contributed by atoms with E-state index in [9.17, 15) is 14.0 Å². The van der Waals surface area contributed by atoms with E-state index >= 15 is 4.39 Å². The molecule has 0 radical (unpaired) electrons. The number of aromatic nitrogens is 2. The molecule has 2 saturated carbocycles. The van der Waals surface area contributed by atoms with Gasteiger partial charge < -0.3 is 4.90 Å². The van der Waals surface area contributed by atoms with Crippen LogP contribution in [0, 0.1) is 17.1 Å². The van der Waals surface area contributed by atoms with E-state index in [1.54, 1.807) is 12.1 Å². The standard InChI is InChI=1S/C21H17F2N5O2/c22-15-5-21(15)10-28(9-16(29)27-20-25-7-11(6-24)8-26-20)19(30)14-4-3-13(12-1-2-12)18(23)17(14)21/h3-4,7-8,12,15H,1-2,5,9-10H2,(H,25,26,27,29)/t15-,21-/m0/s1. The third-order valence-corrected chi connectivity index (χ3v) is 6.03. The van der Waals surface area contributed by atoms with Crippen LogP contribution in [0.15, 0.2) is 24.5 Å². The van der Waals surface area contributed by atoms with Gasteiger partial charge in [-0.3, -0.25) is 14.9 Å². The van der Waals surface area contributed by atoms with Crippen molar-refractivity contribution in [2.75, 3.05) is 18.4 Å². The molecule has 30 heavy (non-hydrogen) atoms. The number of nitrogens with zero attached hydrogens (tertiary/aromatic N) is 4. The lowest BCUT2D eigenvalue weighted by molar-refractivity contribution is -0.117. The van der Waals surface area contributed by atoms with Gasteiger partial charge in [0.05, 0.1) is 23.4 Å². The second-order valence-electron chi connectivity index (χ2n) is 8.11. The van der Waals surface area contributed by atoms with E-state index in [1.807, 2.05) is 6.07 Å². The fourth-order valence-electron chi connectivity index (χ4n) is 4.23. The summed E-state index contributed by atoms with van der Waals surface area (Å²) in [5.74, 6) is -1.37. The fraction of sp³-hybridized carbons (Fsp3) is 0.381. The SMILES string of the molecule is N#Cc1cnc(NC(=O)CN2C[C@]3(C[C@@H]3F)c3c(ccc(C4CC4)c3F)C2=O)nc1. The number of nitrogens with one attached hydrogen (secondary N) is 1. The maximum Gasteiger partial charge on any atom is 0.254 e. The van der Waals surface area contributed by atoms with Crippen LogP contribution >= 0.6 is 0 Å². The average molecular weight is 409 g/mol. The van der Waals surface area contributed by atoms with Crippen LogP contribution in [0.25, 0.3) is 0 Å². The first-order valence-corrected chi connectivity index (χ1v) is 9.71. The average Bonchev–Trinajstić information content (AvgIpc) is 3.65. The summed E-state index contributed by atoms with van der Waals surface area (Å²) >= 11 is 0. The van der Waals surface area contributed by atoms with Crippen LogP contribution in [0.5, 0.6) is 0 Å². The quantitative estimate of drug-likeness (QED) is 0.836. The highest BCUT2D eigenvalue weighted by atomic mass is 19.1. The van der Waals surface area contributed by atoms with E-state index in [2.05, 4.69) is 15.3 Å². The van der Waals surface area contributed by atoms with Gasteiger partial charge >= 0.3 is 0 Å². The van der Waals surface area contributed by atoms with Crippen molar-refractivity contribution < 1.29 is 18.4 Å². The van der Waals surface area contributed by atoms with Gasteiger partial charge in [0.2, 0.25) is 11.9 Å². The number of fused-ring (bicyclic) bond motifs is 2. The van der Waals surface area contributed by atoms with Crippen molar-refractivity contribution in [1.82, 2.24) is 14.9 Å². The van der Waals surface area contributed by atoms with Crippen LogP contribution in [0.4, 0.5) is 14.7 Å². The summed E-state index contributed by atoms with van der Waals surface area (Å²) in [6.07, 6.45) is 3.21. The molecular formula is C21H17F2N5O2.